The highest BCUT2D eigenvalue weighted by Gasteiger charge is 1.97. The Labute approximate surface area is 67.4 Å². The van der Waals surface area contributed by atoms with Crippen molar-refractivity contribution in [1.82, 2.24) is 14.9 Å². The fourth-order valence-electron chi connectivity index (χ4n) is 1.09. The van der Waals surface area contributed by atoms with Crippen molar-refractivity contribution >= 4 is 0 Å². The number of nitrogens with zero attached hydrogens (tertiary/aromatic N) is 2. The molecule has 0 radical (unpaired) electrons. The summed E-state index contributed by atoms with van der Waals surface area (Å²) in [4.78, 5) is 4.22. The third-order valence-corrected chi connectivity index (χ3v) is 1.72. The Bertz CT molecular complexity index is 205. The normalized spacial score (nSPS) is 10.4. The second-order valence-electron chi connectivity index (χ2n) is 2.49. The monoisotopic (exact) mass is 153 g/mol. The van der Waals surface area contributed by atoms with Gasteiger partial charge in [-0.05, 0) is 7.05 Å². The van der Waals surface area contributed by atoms with Crippen molar-refractivity contribution in [3.63, 3.8) is 0 Å². The summed E-state index contributed by atoms with van der Waals surface area (Å²) in [6.07, 6.45) is 4.89. The zero-order chi connectivity index (χ0) is 8.10. The van der Waals surface area contributed by atoms with Crippen LogP contribution in [0.1, 0.15) is 12.7 Å². The molecule has 1 aromatic heterocycles. The predicted octanol–water partition coefficient (Wildman–Crippen LogP) is 0.665. The maximum absolute atomic E-state index is 4.22. The van der Waals surface area contributed by atoms with E-state index in [0.29, 0.717) is 0 Å². The van der Waals surface area contributed by atoms with E-state index >= 15 is 0 Å². The first-order valence-electron chi connectivity index (χ1n) is 4.03. The largest absolute Gasteiger partial charge is 0.334 e. The van der Waals surface area contributed by atoms with Gasteiger partial charge in [0.1, 0.15) is 5.82 Å². The van der Waals surface area contributed by atoms with Crippen molar-refractivity contribution in [2.24, 2.45) is 0 Å². The molecule has 0 spiro atoms. The van der Waals surface area contributed by atoms with Gasteiger partial charge in [0, 0.05) is 31.9 Å². The molecule has 0 aliphatic carbocycles. The molecule has 11 heavy (non-hydrogen) atoms. The lowest BCUT2D eigenvalue weighted by Gasteiger charge is -2.04. The fourth-order valence-corrected chi connectivity index (χ4v) is 1.09. The van der Waals surface area contributed by atoms with Crippen molar-refractivity contribution in [2.75, 3.05) is 13.6 Å². The molecule has 0 saturated heterocycles. The lowest BCUT2D eigenvalue weighted by atomic mass is 10.4. The standard InChI is InChI=1S/C8H15N3/c1-3-8-10-5-7-11(8)6-4-9-2/h5,7,9H,3-4,6H2,1-2H3. The molecule has 1 aromatic rings. The second-order valence-corrected chi connectivity index (χ2v) is 2.49. The zero-order valence-corrected chi connectivity index (χ0v) is 7.17. The van der Waals surface area contributed by atoms with Crippen LogP contribution in [0.3, 0.4) is 0 Å². The molecule has 1 rings (SSSR count). The molecule has 0 aliphatic rings. The van der Waals surface area contributed by atoms with Gasteiger partial charge in [0.2, 0.25) is 0 Å². The zero-order valence-electron chi connectivity index (χ0n) is 7.17. The van der Waals surface area contributed by atoms with E-state index in [1.165, 1.54) is 5.82 Å². The van der Waals surface area contributed by atoms with Gasteiger partial charge >= 0.3 is 0 Å². The van der Waals surface area contributed by atoms with Crippen molar-refractivity contribution < 1.29 is 0 Å². The van der Waals surface area contributed by atoms with Crippen LogP contribution in [0, 0.1) is 0 Å². The van der Waals surface area contributed by atoms with Gasteiger partial charge in [0.15, 0.2) is 0 Å². The lowest BCUT2D eigenvalue weighted by Crippen LogP contribution is -2.15. The van der Waals surface area contributed by atoms with Crippen molar-refractivity contribution in [3.8, 4) is 0 Å². The summed E-state index contributed by atoms with van der Waals surface area (Å²) in [5.74, 6) is 1.17. The van der Waals surface area contributed by atoms with Gasteiger partial charge in [-0.3, -0.25) is 0 Å². The topological polar surface area (TPSA) is 29.9 Å². The van der Waals surface area contributed by atoms with E-state index in [1.807, 2.05) is 19.4 Å². The molecule has 3 heteroatoms. The Morgan fingerprint density at radius 2 is 2.45 bits per heavy atom. The Hall–Kier alpha value is -0.830. The highest BCUT2D eigenvalue weighted by Crippen LogP contribution is 1.96. The van der Waals surface area contributed by atoms with E-state index in [0.717, 1.165) is 19.5 Å². The molecule has 0 bridgehead atoms. The molecule has 1 heterocycles. The van der Waals surface area contributed by atoms with Crippen LogP contribution in [0.25, 0.3) is 0 Å². The Balaban J connectivity index is 2.54. The van der Waals surface area contributed by atoms with Crippen LogP contribution in [-0.2, 0) is 13.0 Å². The highest BCUT2D eigenvalue weighted by molar-refractivity contribution is 4.91. The van der Waals surface area contributed by atoms with Crippen molar-refractivity contribution in [1.29, 1.82) is 0 Å². The molecule has 1 N–H and O–H groups in total. The summed E-state index contributed by atoms with van der Waals surface area (Å²) in [7, 11) is 1.96. The summed E-state index contributed by atoms with van der Waals surface area (Å²) >= 11 is 0. The summed E-state index contributed by atoms with van der Waals surface area (Å²) in [6.45, 7) is 4.14. The van der Waals surface area contributed by atoms with Gasteiger partial charge in [-0.15, -0.1) is 0 Å². The van der Waals surface area contributed by atoms with Crippen LogP contribution >= 0.6 is 0 Å². The second kappa shape index (κ2) is 4.13. The summed E-state index contributed by atoms with van der Waals surface area (Å²) in [6, 6.07) is 0. The number of aryl methyl sites for hydroxylation is 1. The van der Waals surface area contributed by atoms with E-state index in [9.17, 15) is 0 Å². The Kier molecular flexibility index (Phi) is 3.11. The van der Waals surface area contributed by atoms with Crippen molar-refractivity contribution in [3.05, 3.63) is 18.2 Å². The highest BCUT2D eigenvalue weighted by atomic mass is 15.1. The number of hydrogen-bond donors (Lipinski definition) is 1. The van der Waals surface area contributed by atoms with E-state index in [4.69, 9.17) is 0 Å². The predicted molar refractivity (Wildman–Crippen MR) is 45.5 cm³/mol. The summed E-state index contributed by atoms with van der Waals surface area (Å²) in [5.41, 5.74) is 0. The van der Waals surface area contributed by atoms with Crippen LogP contribution < -0.4 is 5.32 Å². The fraction of sp³-hybridized carbons (Fsp3) is 0.625. The number of aromatic nitrogens is 2. The van der Waals surface area contributed by atoms with Gasteiger partial charge in [-0.25, -0.2) is 4.98 Å². The van der Waals surface area contributed by atoms with Gasteiger partial charge in [0.05, 0.1) is 0 Å². The molecule has 0 saturated carbocycles. The van der Waals surface area contributed by atoms with Crippen LogP contribution in [0.2, 0.25) is 0 Å². The Morgan fingerprint density at radius 1 is 1.64 bits per heavy atom. The van der Waals surface area contributed by atoms with Crippen molar-refractivity contribution in [2.45, 2.75) is 19.9 Å². The number of imidazole rings is 1. The third kappa shape index (κ3) is 2.05. The van der Waals surface area contributed by atoms with Gasteiger partial charge in [0.25, 0.3) is 0 Å². The number of nitrogens with one attached hydrogen (secondary N) is 1. The maximum atomic E-state index is 4.22. The van der Waals surface area contributed by atoms with Gasteiger partial charge in [-0.2, -0.15) is 0 Å². The molecule has 0 atom stereocenters. The SMILES string of the molecule is CCc1nccn1CCNC. The molecule has 0 aliphatic heterocycles. The molecule has 0 amide bonds. The van der Waals surface area contributed by atoms with Crippen LogP contribution in [0.5, 0.6) is 0 Å². The van der Waals surface area contributed by atoms with Crippen LogP contribution in [0.15, 0.2) is 12.4 Å². The lowest BCUT2D eigenvalue weighted by molar-refractivity contribution is 0.618. The van der Waals surface area contributed by atoms with E-state index in [1.54, 1.807) is 0 Å². The average molecular weight is 153 g/mol. The maximum Gasteiger partial charge on any atom is 0.108 e. The first kappa shape index (κ1) is 8.27. The first-order valence-corrected chi connectivity index (χ1v) is 4.03. The number of likely N-dealkylation sites (N-methyl/N-ethyl adjacent to an activating group) is 1. The quantitative estimate of drug-likeness (QED) is 0.689. The summed E-state index contributed by atoms with van der Waals surface area (Å²) in [5, 5.41) is 3.11. The minimum atomic E-state index is 1.00. The van der Waals surface area contributed by atoms with E-state index in [2.05, 4.69) is 21.8 Å². The van der Waals surface area contributed by atoms with Crippen LogP contribution in [0.4, 0.5) is 0 Å². The van der Waals surface area contributed by atoms with Crippen LogP contribution in [-0.4, -0.2) is 23.1 Å². The number of rotatable bonds is 4. The smallest absolute Gasteiger partial charge is 0.108 e. The Morgan fingerprint density at radius 3 is 3.09 bits per heavy atom. The third-order valence-electron chi connectivity index (χ3n) is 1.72. The minimum Gasteiger partial charge on any atom is -0.334 e. The summed E-state index contributed by atoms with van der Waals surface area (Å²) < 4.78 is 2.18. The molecular weight excluding hydrogens is 138 g/mol. The van der Waals surface area contributed by atoms with E-state index in [-0.39, 0.29) is 0 Å². The molecule has 3 nitrogen and oxygen atoms in total. The van der Waals surface area contributed by atoms with Gasteiger partial charge in [-0.1, -0.05) is 6.92 Å². The molecule has 0 aromatic carbocycles. The molecule has 62 valence electrons. The molecule has 0 unspecified atom stereocenters. The molecular formula is C8H15N3. The number of hydrogen-bond acceptors (Lipinski definition) is 2. The average Bonchev–Trinajstić information content (AvgIpc) is 2.47. The minimum absolute atomic E-state index is 1.00. The molecule has 0 fully saturated rings. The first-order chi connectivity index (χ1) is 5.38. The van der Waals surface area contributed by atoms with Gasteiger partial charge < -0.3 is 9.88 Å². The van der Waals surface area contributed by atoms with E-state index < -0.39 is 0 Å².